The molecule has 0 unspecified atom stereocenters. The minimum atomic E-state index is 0.525. The minimum Gasteiger partial charge on any atom is -0.493 e. The number of ether oxygens (including phenoxy) is 3. The summed E-state index contributed by atoms with van der Waals surface area (Å²) in [4.78, 5) is 0. The molecule has 2 rings (SSSR count). The monoisotopic (exact) mass is 277 g/mol. The Morgan fingerprint density at radius 1 is 1.15 bits per heavy atom. The Bertz CT molecular complexity index is 532. The van der Waals surface area contributed by atoms with Crippen molar-refractivity contribution in [1.29, 1.82) is 0 Å². The summed E-state index contributed by atoms with van der Waals surface area (Å²) in [5, 5.41) is 4.11. The molecule has 0 atom stereocenters. The van der Waals surface area contributed by atoms with Gasteiger partial charge < -0.3 is 19.9 Å². The number of rotatable bonds is 7. The Balaban J connectivity index is 1.90. The van der Waals surface area contributed by atoms with Crippen LogP contribution in [0.1, 0.15) is 6.42 Å². The van der Waals surface area contributed by atoms with Crippen LogP contribution in [0.25, 0.3) is 0 Å². The number of nitrogens with two attached hydrogens (primary N) is 1. The number of hydrogen-bond donors (Lipinski definition) is 1. The van der Waals surface area contributed by atoms with E-state index in [1.165, 1.54) is 0 Å². The van der Waals surface area contributed by atoms with E-state index in [0.29, 0.717) is 29.7 Å². The number of nitrogen functional groups attached to an aromatic ring is 1. The Morgan fingerprint density at radius 2 is 1.85 bits per heavy atom. The number of aryl methyl sites for hydroxylation is 1. The van der Waals surface area contributed by atoms with Gasteiger partial charge in [0.2, 0.25) is 5.75 Å². The summed E-state index contributed by atoms with van der Waals surface area (Å²) in [6, 6.07) is 7.30. The zero-order valence-corrected chi connectivity index (χ0v) is 11.7. The van der Waals surface area contributed by atoms with Gasteiger partial charge in [0.15, 0.2) is 11.5 Å². The maximum atomic E-state index is 5.76. The molecule has 0 radical (unpaired) electrons. The molecule has 0 fully saturated rings. The second-order valence-electron chi connectivity index (χ2n) is 4.20. The first kappa shape index (κ1) is 14.0. The smallest absolute Gasteiger partial charge is 0.203 e. The molecule has 1 aromatic heterocycles. The first-order chi connectivity index (χ1) is 9.74. The predicted molar refractivity (Wildman–Crippen MR) is 76.3 cm³/mol. The number of anilines is 1. The number of para-hydroxylation sites is 1. The van der Waals surface area contributed by atoms with Gasteiger partial charge in [0.1, 0.15) is 5.82 Å². The average molecular weight is 277 g/mol. The molecule has 108 valence electrons. The second kappa shape index (κ2) is 6.70. The highest BCUT2D eigenvalue weighted by molar-refractivity contribution is 5.51. The largest absolute Gasteiger partial charge is 0.493 e. The third-order valence-corrected chi connectivity index (χ3v) is 2.82. The number of aromatic nitrogens is 2. The van der Waals surface area contributed by atoms with Crippen LogP contribution in [0.2, 0.25) is 0 Å². The maximum absolute atomic E-state index is 5.76. The maximum Gasteiger partial charge on any atom is 0.203 e. The SMILES string of the molecule is COc1cccc(OC)c1OCCCn1ccc(N)n1. The normalized spacial score (nSPS) is 10.3. The standard InChI is InChI=1S/C14H19N3O3/c1-18-11-5-3-6-12(19-2)14(11)20-10-4-8-17-9-7-13(15)16-17/h3,5-7,9H,4,8,10H2,1-2H3,(H2,15,16). The van der Waals surface area contributed by atoms with E-state index in [1.54, 1.807) is 25.0 Å². The van der Waals surface area contributed by atoms with Crippen molar-refractivity contribution < 1.29 is 14.2 Å². The highest BCUT2D eigenvalue weighted by atomic mass is 16.5. The van der Waals surface area contributed by atoms with Crippen molar-refractivity contribution in [3.8, 4) is 17.2 Å². The minimum absolute atomic E-state index is 0.525. The average Bonchev–Trinajstić information content (AvgIpc) is 2.89. The fourth-order valence-electron chi connectivity index (χ4n) is 1.86. The summed E-state index contributed by atoms with van der Waals surface area (Å²) >= 11 is 0. The van der Waals surface area contributed by atoms with Crippen LogP contribution in [0.4, 0.5) is 5.82 Å². The van der Waals surface area contributed by atoms with E-state index in [2.05, 4.69) is 5.10 Å². The van der Waals surface area contributed by atoms with Crippen molar-refractivity contribution in [3.63, 3.8) is 0 Å². The summed E-state index contributed by atoms with van der Waals surface area (Å²) in [6.45, 7) is 1.28. The van der Waals surface area contributed by atoms with Crippen molar-refractivity contribution in [2.75, 3.05) is 26.6 Å². The van der Waals surface area contributed by atoms with E-state index >= 15 is 0 Å². The van der Waals surface area contributed by atoms with E-state index in [9.17, 15) is 0 Å². The Morgan fingerprint density at radius 3 is 2.40 bits per heavy atom. The molecule has 0 aliphatic rings. The molecule has 2 aromatic rings. The fourth-order valence-corrected chi connectivity index (χ4v) is 1.86. The molecule has 20 heavy (non-hydrogen) atoms. The molecule has 0 bridgehead atoms. The number of benzene rings is 1. The lowest BCUT2D eigenvalue weighted by Crippen LogP contribution is -2.06. The van der Waals surface area contributed by atoms with Crippen molar-refractivity contribution in [2.24, 2.45) is 0 Å². The van der Waals surface area contributed by atoms with E-state index in [-0.39, 0.29) is 0 Å². The van der Waals surface area contributed by atoms with Crippen LogP contribution >= 0.6 is 0 Å². The van der Waals surface area contributed by atoms with Crippen LogP contribution in [0.3, 0.4) is 0 Å². The lowest BCUT2D eigenvalue weighted by molar-refractivity contribution is 0.264. The van der Waals surface area contributed by atoms with Crippen molar-refractivity contribution in [3.05, 3.63) is 30.5 Å². The van der Waals surface area contributed by atoms with Gasteiger partial charge in [0.05, 0.1) is 20.8 Å². The van der Waals surface area contributed by atoms with Gasteiger partial charge in [0.25, 0.3) is 0 Å². The first-order valence-electron chi connectivity index (χ1n) is 6.37. The van der Waals surface area contributed by atoms with Crippen LogP contribution in [-0.4, -0.2) is 30.6 Å². The summed E-state index contributed by atoms with van der Waals surface area (Å²) in [5.74, 6) is 2.47. The third-order valence-electron chi connectivity index (χ3n) is 2.82. The molecular formula is C14H19N3O3. The first-order valence-corrected chi connectivity index (χ1v) is 6.37. The van der Waals surface area contributed by atoms with Gasteiger partial charge in [-0.25, -0.2) is 0 Å². The molecule has 0 spiro atoms. The Labute approximate surface area is 118 Å². The molecule has 2 N–H and O–H groups in total. The van der Waals surface area contributed by atoms with Crippen LogP contribution in [0.15, 0.2) is 30.5 Å². The van der Waals surface area contributed by atoms with Gasteiger partial charge in [-0.2, -0.15) is 5.10 Å². The fraction of sp³-hybridized carbons (Fsp3) is 0.357. The zero-order chi connectivity index (χ0) is 14.4. The summed E-state index contributed by atoms with van der Waals surface area (Å²) < 4.78 is 18.1. The predicted octanol–water partition coefficient (Wildman–Crippen LogP) is 1.95. The topological polar surface area (TPSA) is 71.5 Å². The summed E-state index contributed by atoms with van der Waals surface area (Å²) in [6.07, 6.45) is 2.65. The van der Waals surface area contributed by atoms with Gasteiger partial charge in [-0.3, -0.25) is 4.68 Å². The van der Waals surface area contributed by atoms with E-state index in [1.807, 2.05) is 24.4 Å². The number of nitrogens with zero attached hydrogens (tertiary/aromatic N) is 2. The Hall–Kier alpha value is -2.37. The quantitative estimate of drug-likeness (QED) is 0.783. The number of hydrogen-bond acceptors (Lipinski definition) is 5. The molecule has 1 heterocycles. The Kier molecular flexibility index (Phi) is 4.70. The second-order valence-corrected chi connectivity index (χ2v) is 4.20. The molecule has 6 nitrogen and oxygen atoms in total. The van der Waals surface area contributed by atoms with Gasteiger partial charge in [-0.15, -0.1) is 0 Å². The molecule has 0 aliphatic carbocycles. The highest BCUT2D eigenvalue weighted by Crippen LogP contribution is 2.36. The van der Waals surface area contributed by atoms with Crippen molar-refractivity contribution >= 4 is 5.82 Å². The third kappa shape index (κ3) is 3.34. The van der Waals surface area contributed by atoms with Crippen LogP contribution in [-0.2, 0) is 6.54 Å². The van der Waals surface area contributed by atoms with E-state index < -0.39 is 0 Å². The van der Waals surface area contributed by atoms with Crippen molar-refractivity contribution in [1.82, 2.24) is 9.78 Å². The lowest BCUT2D eigenvalue weighted by atomic mass is 10.3. The van der Waals surface area contributed by atoms with Crippen LogP contribution in [0.5, 0.6) is 17.2 Å². The molecule has 0 amide bonds. The van der Waals surface area contributed by atoms with Gasteiger partial charge >= 0.3 is 0 Å². The van der Waals surface area contributed by atoms with Gasteiger partial charge in [0, 0.05) is 19.2 Å². The molecular weight excluding hydrogens is 258 g/mol. The van der Waals surface area contributed by atoms with Crippen LogP contribution in [0, 0.1) is 0 Å². The molecule has 6 heteroatoms. The number of methoxy groups -OCH3 is 2. The molecule has 0 aliphatic heterocycles. The summed E-state index contributed by atoms with van der Waals surface area (Å²) in [5.41, 5.74) is 5.55. The van der Waals surface area contributed by atoms with Gasteiger partial charge in [-0.1, -0.05) is 6.07 Å². The van der Waals surface area contributed by atoms with E-state index in [0.717, 1.165) is 13.0 Å². The van der Waals surface area contributed by atoms with Gasteiger partial charge in [-0.05, 0) is 18.2 Å². The van der Waals surface area contributed by atoms with E-state index in [4.69, 9.17) is 19.9 Å². The zero-order valence-electron chi connectivity index (χ0n) is 11.7. The van der Waals surface area contributed by atoms with Crippen molar-refractivity contribution in [2.45, 2.75) is 13.0 Å². The summed E-state index contributed by atoms with van der Waals surface area (Å²) in [7, 11) is 3.21. The van der Waals surface area contributed by atoms with Crippen LogP contribution < -0.4 is 19.9 Å². The highest BCUT2D eigenvalue weighted by Gasteiger charge is 2.10. The lowest BCUT2D eigenvalue weighted by Gasteiger charge is -2.13. The molecule has 1 aromatic carbocycles. The molecule has 0 saturated heterocycles. The molecule has 0 saturated carbocycles.